The van der Waals surface area contributed by atoms with E-state index in [0.717, 1.165) is 0 Å². The summed E-state index contributed by atoms with van der Waals surface area (Å²) in [6.45, 7) is 0. The molecule has 112 valence electrons. The Morgan fingerprint density at radius 2 is 1.38 bits per heavy atom. The fraction of sp³-hybridized carbons (Fsp3) is 0.143. The SMILES string of the molecule is COP1(OC)(Oc2ccccc2O)Oc2ccccc2O1. The van der Waals surface area contributed by atoms with Crippen LogP contribution in [0.4, 0.5) is 0 Å². The number of aromatic hydroxyl groups is 1. The van der Waals surface area contributed by atoms with Gasteiger partial charge in [-0.05, 0) is 0 Å². The first kappa shape index (κ1) is 13.9. The van der Waals surface area contributed by atoms with Crippen LogP contribution in [0.3, 0.4) is 0 Å². The van der Waals surface area contributed by atoms with E-state index in [1.165, 1.54) is 20.3 Å². The third-order valence-corrected chi connectivity index (χ3v) is 5.73. The molecular weight excluding hydrogens is 295 g/mol. The van der Waals surface area contributed by atoms with Crippen LogP contribution in [-0.2, 0) is 9.05 Å². The van der Waals surface area contributed by atoms with Crippen LogP contribution in [0.5, 0.6) is 23.0 Å². The molecule has 1 aliphatic heterocycles. The molecule has 0 amide bonds. The van der Waals surface area contributed by atoms with Crippen LogP contribution < -0.4 is 13.6 Å². The number of fused-ring (bicyclic) bond motifs is 1. The molecule has 1 N–H and O–H groups in total. The van der Waals surface area contributed by atoms with Crippen LogP contribution in [-0.4, -0.2) is 19.3 Å². The number of phenolic OH excluding ortho intramolecular Hbond substituents is 1. The molecule has 1 aliphatic rings. The molecule has 2 aromatic rings. The minimum atomic E-state index is -4.35. The van der Waals surface area contributed by atoms with Crippen molar-refractivity contribution in [2.24, 2.45) is 0 Å². The van der Waals surface area contributed by atoms with Crippen molar-refractivity contribution in [1.29, 1.82) is 0 Å². The number of hydrogen-bond acceptors (Lipinski definition) is 6. The van der Waals surface area contributed by atoms with Gasteiger partial charge in [0.15, 0.2) is 0 Å². The number of benzene rings is 2. The second-order valence-corrected chi connectivity index (χ2v) is 7.07. The Labute approximate surface area is 122 Å². The van der Waals surface area contributed by atoms with Gasteiger partial charge in [0.1, 0.15) is 0 Å². The van der Waals surface area contributed by atoms with Crippen LogP contribution in [0.1, 0.15) is 0 Å². The first-order valence-corrected chi connectivity index (χ1v) is 8.05. The molecule has 2 aromatic carbocycles. The molecule has 7 heteroatoms. The first-order chi connectivity index (χ1) is 10.1. The van der Waals surface area contributed by atoms with Gasteiger partial charge in [0, 0.05) is 0 Å². The van der Waals surface area contributed by atoms with E-state index in [1.54, 1.807) is 42.5 Å². The summed E-state index contributed by atoms with van der Waals surface area (Å²) in [5, 5.41) is 9.88. The summed E-state index contributed by atoms with van der Waals surface area (Å²) in [4.78, 5) is 0. The van der Waals surface area contributed by atoms with Crippen molar-refractivity contribution in [2.75, 3.05) is 14.2 Å². The number of rotatable bonds is 4. The molecule has 0 aromatic heterocycles. The molecular formula is C14H15O6P. The Balaban J connectivity index is 2.04. The molecule has 0 saturated heterocycles. The van der Waals surface area contributed by atoms with E-state index < -0.39 is 7.74 Å². The van der Waals surface area contributed by atoms with Gasteiger partial charge < -0.3 is 0 Å². The van der Waals surface area contributed by atoms with Gasteiger partial charge in [-0.1, -0.05) is 0 Å². The van der Waals surface area contributed by atoms with Crippen molar-refractivity contribution in [2.45, 2.75) is 0 Å². The van der Waals surface area contributed by atoms with E-state index >= 15 is 0 Å². The zero-order chi connectivity index (χ0) is 14.9. The average Bonchev–Trinajstić information content (AvgIpc) is 2.86. The maximum atomic E-state index is 9.88. The Hall–Kier alpha value is -2.01. The Morgan fingerprint density at radius 3 is 1.90 bits per heavy atom. The van der Waals surface area contributed by atoms with E-state index in [-0.39, 0.29) is 11.5 Å². The molecule has 0 fully saturated rings. The van der Waals surface area contributed by atoms with E-state index in [1.807, 2.05) is 0 Å². The molecule has 0 bridgehead atoms. The van der Waals surface area contributed by atoms with E-state index in [0.29, 0.717) is 11.5 Å². The average molecular weight is 310 g/mol. The van der Waals surface area contributed by atoms with E-state index in [4.69, 9.17) is 22.6 Å². The predicted molar refractivity (Wildman–Crippen MR) is 77.4 cm³/mol. The van der Waals surface area contributed by atoms with Gasteiger partial charge in [0.2, 0.25) is 0 Å². The van der Waals surface area contributed by atoms with Crippen molar-refractivity contribution in [3.05, 3.63) is 48.5 Å². The standard InChI is InChI=1S/C14H15O6P/c1-16-21(17-2,18-12-8-4-3-7-11(12)15)19-13-9-5-6-10-14(13)20-21/h3-10,15H,1-2H3. The molecule has 3 rings (SSSR count). The predicted octanol–water partition coefficient (Wildman–Crippen LogP) is 3.66. The second-order valence-electron chi connectivity index (χ2n) is 4.30. The second kappa shape index (κ2) is 4.77. The molecule has 0 radical (unpaired) electrons. The quantitative estimate of drug-likeness (QED) is 0.869. The maximum absolute atomic E-state index is 9.88. The van der Waals surface area contributed by atoms with Crippen molar-refractivity contribution in [3.8, 4) is 23.0 Å². The molecule has 0 spiro atoms. The topological polar surface area (TPSA) is 66.4 Å². The molecule has 6 nitrogen and oxygen atoms in total. The third-order valence-electron chi connectivity index (χ3n) is 3.05. The van der Waals surface area contributed by atoms with Gasteiger partial charge in [-0.2, -0.15) is 0 Å². The van der Waals surface area contributed by atoms with Gasteiger partial charge in [-0.3, -0.25) is 0 Å². The molecule has 0 atom stereocenters. The summed E-state index contributed by atoms with van der Waals surface area (Å²) in [7, 11) is -1.62. The summed E-state index contributed by atoms with van der Waals surface area (Å²) < 4.78 is 28.1. The first-order valence-electron chi connectivity index (χ1n) is 6.22. The van der Waals surface area contributed by atoms with Gasteiger partial charge in [0.05, 0.1) is 0 Å². The van der Waals surface area contributed by atoms with Crippen LogP contribution >= 0.6 is 7.74 Å². The Kier molecular flexibility index (Phi) is 3.17. The zero-order valence-electron chi connectivity index (χ0n) is 11.6. The van der Waals surface area contributed by atoms with Gasteiger partial charge in [-0.25, -0.2) is 0 Å². The van der Waals surface area contributed by atoms with Crippen molar-refractivity contribution in [1.82, 2.24) is 0 Å². The summed E-state index contributed by atoms with van der Waals surface area (Å²) in [5.74, 6) is 0.981. The fourth-order valence-electron chi connectivity index (χ4n) is 1.97. The van der Waals surface area contributed by atoms with Gasteiger partial charge in [0.25, 0.3) is 0 Å². The number of phenols is 1. The van der Waals surface area contributed by atoms with Crippen LogP contribution in [0.15, 0.2) is 48.5 Å². The zero-order valence-corrected chi connectivity index (χ0v) is 12.4. The fourth-order valence-corrected chi connectivity index (χ4v) is 4.10. The summed E-state index contributed by atoms with van der Waals surface area (Å²) >= 11 is 0. The molecule has 1 heterocycles. The van der Waals surface area contributed by atoms with Crippen LogP contribution in [0, 0.1) is 0 Å². The number of hydrogen-bond donors (Lipinski definition) is 1. The van der Waals surface area contributed by atoms with Crippen LogP contribution in [0.25, 0.3) is 0 Å². The summed E-state index contributed by atoms with van der Waals surface area (Å²) in [6, 6.07) is 13.5. The van der Waals surface area contributed by atoms with Crippen molar-refractivity contribution in [3.63, 3.8) is 0 Å². The third kappa shape index (κ3) is 2.17. The van der Waals surface area contributed by atoms with Gasteiger partial charge in [-0.15, -0.1) is 0 Å². The number of para-hydroxylation sites is 4. The summed E-state index contributed by atoms with van der Waals surface area (Å²) in [5.41, 5.74) is 0. The van der Waals surface area contributed by atoms with Gasteiger partial charge >= 0.3 is 121 Å². The Morgan fingerprint density at radius 1 is 0.857 bits per heavy atom. The Bertz CT molecular complexity index is 641. The normalized spacial score (nSPS) is 19.4. The molecule has 21 heavy (non-hydrogen) atoms. The van der Waals surface area contributed by atoms with E-state index in [2.05, 4.69) is 0 Å². The summed E-state index contributed by atoms with van der Waals surface area (Å²) in [6.07, 6.45) is 0. The van der Waals surface area contributed by atoms with Crippen LogP contribution in [0.2, 0.25) is 0 Å². The molecule has 0 aliphatic carbocycles. The molecule has 0 saturated carbocycles. The minimum absolute atomic E-state index is 0.0706. The van der Waals surface area contributed by atoms with Crippen molar-refractivity contribution < 1.29 is 27.7 Å². The van der Waals surface area contributed by atoms with Crippen molar-refractivity contribution >= 4 is 7.74 Å². The van der Waals surface area contributed by atoms with E-state index in [9.17, 15) is 5.11 Å². The monoisotopic (exact) mass is 310 g/mol. The molecule has 0 unspecified atom stereocenters.